The summed E-state index contributed by atoms with van der Waals surface area (Å²) in [6, 6.07) is 0. The van der Waals surface area contributed by atoms with Crippen molar-refractivity contribution in [2.45, 2.75) is 6.42 Å². The normalized spacial score (nSPS) is 21.1. The van der Waals surface area contributed by atoms with Gasteiger partial charge in [-0.2, -0.15) is 0 Å². The molecule has 0 radical (unpaired) electrons. The monoisotopic (exact) mass is 192 g/mol. The highest BCUT2D eigenvalue weighted by Gasteiger charge is 2.16. The van der Waals surface area contributed by atoms with Crippen molar-refractivity contribution in [2.24, 2.45) is 5.92 Å². The standard InChI is InChI=1S/C10H16N4/c1-14(8-9-2-3-11-6-9)10-7-12-4-5-13-10/h4-5,7,9,11H,2-3,6,8H2,1H3/t9-/m0/s1. The van der Waals surface area contributed by atoms with Crippen molar-refractivity contribution in [3.63, 3.8) is 0 Å². The zero-order valence-corrected chi connectivity index (χ0v) is 8.48. The third-order valence-corrected chi connectivity index (χ3v) is 2.64. The van der Waals surface area contributed by atoms with Gasteiger partial charge in [0.05, 0.1) is 6.20 Å². The summed E-state index contributed by atoms with van der Waals surface area (Å²) in [5.74, 6) is 1.71. The van der Waals surface area contributed by atoms with E-state index in [4.69, 9.17) is 0 Å². The van der Waals surface area contributed by atoms with Crippen LogP contribution in [0.5, 0.6) is 0 Å². The molecule has 1 atom stereocenters. The molecule has 1 aliphatic rings. The van der Waals surface area contributed by atoms with E-state index in [1.54, 1.807) is 12.4 Å². The Morgan fingerprint density at radius 2 is 2.50 bits per heavy atom. The molecule has 14 heavy (non-hydrogen) atoms. The van der Waals surface area contributed by atoms with E-state index in [0.29, 0.717) is 0 Å². The number of nitrogens with one attached hydrogen (secondary N) is 1. The molecule has 1 saturated heterocycles. The van der Waals surface area contributed by atoms with Crippen molar-refractivity contribution in [1.29, 1.82) is 0 Å². The Morgan fingerprint density at radius 3 is 3.14 bits per heavy atom. The van der Waals surface area contributed by atoms with Crippen molar-refractivity contribution in [3.05, 3.63) is 18.6 Å². The van der Waals surface area contributed by atoms with Crippen LogP contribution < -0.4 is 10.2 Å². The van der Waals surface area contributed by atoms with Crippen LogP contribution >= 0.6 is 0 Å². The van der Waals surface area contributed by atoms with Gasteiger partial charge in [0.15, 0.2) is 0 Å². The van der Waals surface area contributed by atoms with Gasteiger partial charge < -0.3 is 10.2 Å². The lowest BCUT2D eigenvalue weighted by Gasteiger charge is -2.20. The fourth-order valence-electron chi connectivity index (χ4n) is 1.84. The minimum absolute atomic E-state index is 0.752. The second-order valence-corrected chi connectivity index (χ2v) is 3.80. The van der Waals surface area contributed by atoms with Gasteiger partial charge in [-0.05, 0) is 25.4 Å². The van der Waals surface area contributed by atoms with Crippen LogP contribution in [0.4, 0.5) is 5.82 Å². The molecular formula is C10H16N4. The van der Waals surface area contributed by atoms with Gasteiger partial charge in [0.1, 0.15) is 5.82 Å². The first-order chi connectivity index (χ1) is 6.86. The Kier molecular flexibility index (Phi) is 2.93. The van der Waals surface area contributed by atoms with Crippen LogP contribution in [0.15, 0.2) is 18.6 Å². The molecule has 0 saturated carbocycles. The summed E-state index contributed by atoms with van der Waals surface area (Å²) in [4.78, 5) is 10.5. The Morgan fingerprint density at radius 1 is 1.57 bits per heavy atom. The Labute approximate surface area is 84.4 Å². The molecule has 1 aromatic heterocycles. The minimum atomic E-state index is 0.752. The molecule has 4 nitrogen and oxygen atoms in total. The Hall–Kier alpha value is -1.16. The Balaban J connectivity index is 1.92. The van der Waals surface area contributed by atoms with E-state index in [2.05, 4.69) is 27.2 Å². The lowest BCUT2D eigenvalue weighted by Crippen LogP contribution is -2.27. The van der Waals surface area contributed by atoms with Gasteiger partial charge >= 0.3 is 0 Å². The maximum Gasteiger partial charge on any atom is 0.146 e. The lowest BCUT2D eigenvalue weighted by atomic mass is 10.1. The van der Waals surface area contributed by atoms with E-state index in [1.165, 1.54) is 6.42 Å². The van der Waals surface area contributed by atoms with Crippen LogP contribution in [0.25, 0.3) is 0 Å². The summed E-state index contributed by atoms with van der Waals surface area (Å²) in [7, 11) is 2.07. The highest BCUT2D eigenvalue weighted by molar-refractivity contribution is 5.33. The molecule has 0 bridgehead atoms. The number of rotatable bonds is 3. The summed E-state index contributed by atoms with van der Waals surface area (Å²) >= 11 is 0. The van der Waals surface area contributed by atoms with E-state index >= 15 is 0 Å². The predicted octanol–water partition coefficient (Wildman–Crippen LogP) is 0.522. The molecule has 0 unspecified atom stereocenters. The molecule has 1 aromatic rings. The molecule has 2 heterocycles. The van der Waals surface area contributed by atoms with E-state index < -0.39 is 0 Å². The number of hydrogen-bond acceptors (Lipinski definition) is 4. The lowest BCUT2D eigenvalue weighted by molar-refractivity contribution is 0.575. The van der Waals surface area contributed by atoms with Gasteiger partial charge in [-0.25, -0.2) is 4.98 Å². The average Bonchev–Trinajstić information content (AvgIpc) is 2.72. The smallest absolute Gasteiger partial charge is 0.146 e. The fourth-order valence-corrected chi connectivity index (χ4v) is 1.84. The highest BCUT2D eigenvalue weighted by atomic mass is 15.2. The molecule has 1 aliphatic heterocycles. The van der Waals surface area contributed by atoms with Crippen molar-refractivity contribution in [2.75, 3.05) is 31.6 Å². The predicted molar refractivity (Wildman–Crippen MR) is 56.3 cm³/mol. The van der Waals surface area contributed by atoms with E-state index in [-0.39, 0.29) is 0 Å². The van der Waals surface area contributed by atoms with Gasteiger partial charge in [-0.15, -0.1) is 0 Å². The average molecular weight is 192 g/mol. The van der Waals surface area contributed by atoms with Crippen LogP contribution in [0.2, 0.25) is 0 Å². The third kappa shape index (κ3) is 2.20. The zero-order valence-electron chi connectivity index (χ0n) is 8.48. The molecular weight excluding hydrogens is 176 g/mol. The summed E-state index contributed by atoms with van der Waals surface area (Å²) in [5, 5.41) is 3.37. The molecule has 0 spiro atoms. The van der Waals surface area contributed by atoms with Crippen LogP contribution in [0.1, 0.15) is 6.42 Å². The highest BCUT2D eigenvalue weighted by Crippen LogP contribution is 2.12. The molecule has 1 fully saturated rings. The topological polar surface area (TPSA) is 41.0 Å². The van der Waals surface area contributed by atoms with Crippen LogP contribution in [0.3, 0.4) is 0 Å². The summed E-state index contributed by atoms with van der Waals surface area (Å²) in [5.41, 5.74) is 0. The summed E-state index contributed by atoms with van der Waals surface area (Å²) in [6.45, 7) is 3.34. The van der Waals surface area contributed by atoms with Crippen molar-refractivity contribution in [1.82, 2.24) is 15.3 Å². The SMILES string of the molecule is CN(C[C@H]1CCNC1)c1cnccn1. The molecule has 1 N–H and O–H groups in total. The minimum Gasteiger partial charge on any atom is -0.358 e. The number of nitrogens with zero attached hydrogens (tertiary/aromatic N) is 3. The van der Waals surface area contributed by atoms with Crippen LogP contribution in [-0.4, -0.2) is 36.6 Å². The third-order valence-electron chi connectivity index (χ3n) is 2.64. The van der Waals surface area contributed by atoms with Gasteiger partial charge in [0.25, 0.3) is 0 Å². The first-order valence-electron chi connectivity index (χ1n) is 5.04. The van der Waals surface area contributed by atoms with Gasteiger partial charge in [-0.1, -0.05) is 0 Å². The van der Waals surface area contributed by atoms with Gasteiger partial charge in [0, 0.05) is 26.0 Å². The molecule has 0 aliphatic carbocycles. The molecule has 2 rings (SSSR count). The molecule has 4 heteroatoms. The van der Waals surface area contributed by atoms with Crippen molar-refractivity contribution in [3.8, 4) is 0 Å². The van der Waals surface area contributed by atoms with Crippen molar-refractivity contribution < 1.29 is 0 Å². The van der Waals surface area contributed by atoms with Gasteiger partial charge in [0.2, 0.25) is 0 Å². The van der Waals surface area contributed by atoms with Crippen LogP contribution in [0, 0.1) is 5.92 Å². The first-order valence-corrected chi connectivity index (χ1v) is 5.04. The number of anilines is 1. The number of hydrogen-bond donors (Lipinski definition) is 1. The fraction of sp³-hybridized carbons (Fsp3) is 0.600. The van der Waals surface area contributed by atoms with E-state index in [1.807, 2.05) is 6.20 Å². The van der Waals surface area contributed by atoms with E-state index in [9.17, 15) is 0 Å². The second kappa shape index (κ2) is 4.37. The first kappa shape index (κ1) is 9.40. The zero-order chi connectivity index (χ0) is 9.80. The molecule has 76 valence electrons. The van der Waals surface area contributed by atoms with Gasteiger partial charge in [-0.3, -0.25) is 4.98 Å². The maximum atomic E-state index is 4.26. The summed E-state index contributed by atoms with van der Waals surface area (Å²) < 4.78 is 0. The summed E-state index contributed by atoms with van der Waals surface area (Å²) in [6.07, 6.45) is 6.51. The molecule has 0 aromatic carbocycles. The molecule has 0 amide bonds. The largest absolute Gasteiger partial charge is 0.358 e. The second-order valence-electron chi connectivity index (χ2n) is 3.80. The quantitative estimate of drug-likeness (QED) is 0.758. The van der Waals surface area contributed by atoms with Crippen LogP contribution in [-0.2, 0) is 0 Å². The maximum absolute atomic E-state index is 4.26. The Bertz CT molecular complexity index is 269. The van der Waals surface area contributed by atoms with Crippen molar-refractivity contribution >= 4 is 5.82 Å². The van der Waals surface area contributed by atoms with E-state index in [0.717, 1.165) is 31.4 Å². The number of aromatic nitrogens is 2.